The van der Waals surface area contributed by atoms with Crippen LogP contribution in [0.5, 0.6) is 0 Å². The number of rotatable bonds is 7. The first kappa shape index (κ1) is 21.9. The average Bonchev–Trinajstić information content (AvgIpc) is 2.61. The van der Waals surface area contributed by atoms with Crippen molar-refractivity contribution in [1.82, 2.24) is 5.32 Å². The summed E-state index contributed by atoms with van der Waals surface area (Å²) in [5.74, 6) is -0.755. The van der Waals surface area contributed by atoms with Crippen molar-refractivity contribution in [2.24, 2.45) is 0 Å². The van der Waals surface area contributed by atoms with Crippen molar-refractivity contribution < 1.29 is 17.6 Å². The minimum Gasteiger partial charge on any atom is -0.348 e. The van der Waals surface area contributed by atoms with Crippen LogP contribution < -0.4 is 9.62 Å². The zero-order valence-corrected chi connectivity index (χ0v) is 17.7. The second-order valence-corrected chi connectivity index (χ2v) is 8.89. The number of nitrogens with one attached hydrogen (secondary N) is 1. The van der Waals surface area contributed by atoms with Crippen LogP contribution in [-0.4, -0.2) is 26.6 Å². The zero-order chi connectivity index (χ0) is 21.1. The van der Waals surface area contributed by atoms with Crippen LogP contribution in [0.3, 0.4) is 0 Å². The number of anilines is 1. The Morgan fingerprint density at radius 1 is 1.11 bits per heavy atom. The predicted octanol–water partition coefficient (Wildman–Crippen LogP) is 3.86. The lowest BCUT2D eigenvalue weighted by Crippen LogP contribution is -2.49. The summed E-state index contributed by atoms with van der Waals surface area (Å²) in [6, 6.07) is 9.90. The second-order valence-electron chi connectivity index (χ2n) is 7.03. The predicted molar refractivity (Wildman–Crippen MR) is 110 cm³/mol. The lowest BCUT2D eigenvalue weighted by molar-refractivity contribution is -0.122. The molecule has 0 aliphatic carbocycles. The Kier molecular flexibility index (Phi) is 6.82. The molecule has 0 saturated heterocycles. The molecule has 152 valence electrons. The van der Waals surface area contributed by atoms with Gasteiger partial charge in [0.05, 0.1) is 18.0 Å². The topological polar surface area (TPSA) is 66.5 Å². The lowest BCUT2D eigenvalue weighted by atomic mass is 10.1. The minimum atomic E-state index is -3.69. The number of carbonyl (C=O) groups is 1. The van der Waals surface area contributed by atoms with Crippen molar-refractivity contribution in [3.8, 4) is 0 Å². The van der Waals surface area contributed by atoms with E-state index in [-0.39, 0.29) is 11.9 Å². The monoisotopic (exact) mass is 406 g/mol. The number of carbonyl (C=O) groups excluding carboxylic acids is 1. The van der Waals surface area contributed by atoms with E-state index < -0.39 is 22.0 Å². The van der Waals surface area contributed by atoms with Crippen molar-refractivity contribution in [2.45, 2.75) is 46.2 Å². The Morgan fingerprint density at radius 3 is 2.21 bits per heavy atom. The molecule has 0 radical (unpaired) electrons. The van der Waals surface area contributed by atoms with E-state index >= 15 is 0 Å². The van der Waals surface area contributed by atoms with Crippen molar-refractivity contribution in [1.29, 1.82) is 0 Å². The van der Waals surface area contributed by atoms with E-state index in [0.29, 0.717) is 12.1 Å². The Balaban J connectivity index is 2.33. The largest absolute Gasteiger partial charge is 0.348 e. The average molecular weight is 407 g/mol. The smallest absolute Gasteiger partial charge is 0.244 e. The molecule has 0 spiro atoms. The fraction of sp³-hybridized carbons (Fsp3) is 0.381. The highest BCUT2D eigenvalue weighted by molar-refractivity contribution is 7.92. The SMILES string of the molecule is CC[C@H](C(=O)N[C@@H](C)c1ccc(F)cc1)N(c1ccc(C)c(C)c1)S(C)(=O)=O. The third-order valence-corrected chi connectivity index (χ3v) is 5.98. The van der Waals surface area contributed by atoms with Crippen LogP contribution in [-0.2, 0) is 14.8 Å². The van der Waals surface area contributed by atoms with E-state index in [1.807, 2.05) is 19.9 Å². The number of sulfonamides is 1. The molecule has 5 nitrogen and oxygen atoms in total. The first-order chi connectivity index (χ1) is 13.0. The van der Waals surface area contributed by atoms with Crippen molar-refractivity contribution in [2.75, 3.05) is 10.6 Å². The Bertz CT molecular complexity index is 943. The molecule has 0 unspecified atom stereocenters. The van der Waals surface area contributed by atoms with Crippen molar-refractivity contribution in [3.63, 3.8) is 0 Å². The van der Waals surface area contributed by atoms with Crippen LogP contribution in [0.4, 0.5) is 10.1 Å². The molecule has 0 aliphatic rings. The Hall–Kier alpha value is -2.41. The minimum absolute atomic E-state index is 0.308. The number of nitrogens with zero attached hydrogens (tertiary/aromatic N) is 1. The second kappa shape index (κ2) is 8.73. The molecule has 7 heteroatoms. The van der Waals surface area contributed by atoms with Gasteiger partial charge in [0.15, 0.2) is 0 Å². The summed E-state index contributed by atoms with van der Waals surface area (Å²) in [4.78, 5) is 12.9. The molecule has 28 heavy (non-hydrogen) atoms. The molecule has 0 heterocycles. The van der Waals surface area contributed by atoms with E-state index in [9.17, 15) is 17.6 Å². The molecule has 1 amide bonds. The molecule has 2 rings (SSSR count). The molecule has 1 N–H and O–H groups in total. The van der Waals surface area contributed by atoms with Gasteiger partial charge in [-0.2, -0.15) is 0 Å². The third kappa shape index (κ3) is 5.10. The van der Waals surface area contributed by atoms with Gasteiger partial charge < -0.3 is 5.32 Å². The Labute approximate surface area is 166 Å². The summed E-state index contributed by atoms with van der Waals surface area (Å²) >= 11 is 0. The summed E-state index contributed by atoms with van der Waals surface area (Å²) in [6.45, 7) is 7.39. The number of amides is 1. The molecule has 0 aliphatic heterocycles. The highest BCUT2D eigenvalue weighted by Crippen LogP contribution is 2.25. The van der Waals surface area contributed by atoms with E-state index in [1.165, 1.54) is 16.4 Å². The highest BCUT2D eigenvalue weighted by Gasteiger charge is 2.32. The number of benzene rings is 2. The van der Waals surface area contributed by atoms with Crippen LogP contribution in [0, 0.1) is 19.7 Å². The van der Waals surface area contributed by atoms with Crippen LogP contribution in [0.1, 0.15) is 43.0 Å². The normalized spacial score (nSPS) is 13.6. The Morgan fingerprint density at radius 2 is 1.71 bits per heavy atom. The molecular formula is C21H27FN2O3S. The quantitative estimate of drug-likeness (QED) is 0.759. The maximum atomic E-state index is 13.1. The number of hydrogen-bond acceptors (Lipinski definition) is 3. The molecule has 0 saturated carbocycles. The van der Waals surface area contributed by atoms with Gasteiger partial charge in [0.1, 0.15) is 11.9 Å². The van der Waals surface area contributed by atoms with Gasteiger partial charge in [-0.15, -0.1) is 0 Å². The summed E-state index contributed by atoms with van der Waals surface area (Å²) in [5, 5.41) is 2.85. The molecule has 2 aromatic carbocycles. The van der Waals surface area contributed by atoms with Crippen LogP contribution in [0.2, 0.25) is 0 Å². The van der Waals surface area contributed by atoms with Gasteiger partial charge in [-0.3, -0.25) is 9.10 Å². The van der Waals surface area contributed by atoms with Gasteiger partial charge in [0.2, 0.25) is 15.9 Å². The summed E-state index contributed by atoms with van der Waals surface area (Å²) in [6.07, 6.45) is 1.41. The first-order valence-electron chi connectivity index (χ1n) is 9.17. The fourth-order valence-electron chi connectivity index (χ4n) is 3.07. The van der Waals surface area contributed by atoms with Gasteiger partial charge in [-0.1, -0.05) is 25.1 Å². The highest BCUT2D eigenvalue weighted by atomic mass is 32.2. The maximum Gasteiger partial charge on any atom is 0.244 e. The van der Waals surface area contributed by atoms with E-state index in [0.717, 1.165) is 22.9 Å². The van der Waals surface area contributed by atoms with Crippen molar-refractivity contribution >= 4 is 21.6 Å². The van der Waals surface area contributed by atoms with Gasteiger partial charge in [-0.25, -0.2) is 12.8 Å². The molecule has 2 atom stereocenters. The van der Waals surface area contributed by atoms with Gasteiger partial charge in [0, 0.05) is 0 Å². The van der Waals surface area contributed by atoms with Crippen LogP contribution >= 0.6 is 0 Å². The lowest BCUT2D eigenvalue weighted by Gasteiger charge is -2.31. The molecule has 0 fully saturated rings. The summed E-state index contributed by atoms with van der Waals surface area (Å²) in [7, 11) is -3.69. The number of halogens is 1. The molecule has 0 bridgehead atoms. The molecule has 2 aromatic rings. The van der Waals surface area contributed by atoms with Gasteiger partial charge in [0.25, 0.3) is 0 Å². The summed E-state index contributed by atoms with van der Waals surface area (Å²) in [5.41, 5.74) is 3.18. The van der Waals surface area contributed by atoms with Crippen molar-refractivity contribution in [3.05, 3.63) is 65.0 Å². The maximum absolute atomic E-state index is 13.1. The van der Waals surface area contributed by atoms with Crippen LogP contribution in [0.15, 0.2) is 42.5 Å². The number of aryl methyl sites for hydroxylation is 2. The summed E-state index contributed by atoms with van der Waals surface area (Å²) < 4.78 is 39.4. The van der Waals surface area contributed by atoms with E-state index in [4.69, 9.17) is 0 Å². The molecule has 0 aromatic heterocycles. The van der Waals surface area contributed by atoms with Gasteiger partial charge in [-0.05, 0) is 68.1 Å². The van der Waals surface area contributed by atoms with Gasteiger partial charge >= 0.3 is 0 Å². The van der Waals surface area contributed by atoms with E-state index in [1.54, 1.807) is 38.1 Å². The zero-order valence-electron chi connectivity index (χ0n) is 16.9. The van der Waals surface area contributed by atoms with E-state index in [2.05, 4.69) is 5.32 Å². The standard InChI is InChI=1S/C21H27FN2O3S/c1-6-20(21(25)23-16(4)17-8-10-18(22)11-9-17)24(28(5,26)27)19-12-7-14(2)15(3)13-19/h7-13,16,20H,6H2,1-5H3,(H,23,25)/t16-,20+/m0/s1. The number of hydrogen-bond donors (Lipinski definition) is 1. The first-order valence-corrected chi connectivity index (χ1v) is 11.0. The third-order valence-electron chi connectivity index (χ3n) is 4.80. The molecular weight excluding hydrogens is 379 g/mol. The van der Waals surface area contributed by atoms with Crippen LogP contribution in [0.25, 0.3) is 0 Å². The fourth-order valence-corrected chi connectivity index (χ4v) is 4.27.